The molecule has 0 aliphatic carbocycles. The number of aromatic nitrogens is 4. The maximum Gasteiger partial charge on any atom is 0.269 e. The molecular weight excluding hydrogens is 266 g/mol. The van der Waals surface area contributed by atoms with Crippen LogP contribution in [0.15, 0.2) is 17.1 Å². The summed E-state index contributed by atoms with van der Waals surface area (Å²) in [5, 5.41) is 8.90. The van der Waals surface area contributed by atoms with Crippen LogP contribution < -0.4 is 10.5 Å². The molecule has 2 heterocycles. The number of halogens is 1. The number of nitrogens with zero attached hydrogens (tertiary/aromatic N) is 5. The first-order valence-corrected chi connectivity index (χ1v) is 6.20. The minimum Gasteiger partial charge on any atom is -0.376 e. The van der Waals surface area contributed by atoms with Gasteiger partial charge in [0.15, 0.2) is 0 Å². The van der Waals surface area contributed by atoms with Crippen molar-refractivity contribution in [3.8, 4) is 0 Å². The third-order valence-electron chi connectivity index (χ3n) is 2.95. The summed E-state index contributed by atoms with van der Waals surface area (Å²) < 4.78 is 2.97. The molecule has 102 valence electrons. The Kier molecular flexibility index (Phi) is 3.61. The standard InChI is InChI=1S/C12H16ClN5O/c1-8-10(12(13)17(4)15-8)7-18-11(19)5-9(6-14-18)16(2)3/h5-6H,7H2,1-4H3. The summed E-state index contributed by atoms with van der Waals surface area (Å²) in [7, 11) is 5.50. The summed E-state index contributed by atoms with van der Waals surface area (Å²) >= 11 is 6.15. The highest BCUT2D eigenvalue weighted by molar-refractivity contribution is 6.30. The predicted octanol–water partition coefficient (Wildman–Crippen LogP) is 1.05. The van der Waals surface area contributed by atoms with Crippen molar-refractivity contribution in [1.82, 2.24) is 19.6 Å². The highest BCUT2D eigenvalue weighted by atomic mass is 35.5. The third kappa shape index (κ3) is 2.63. The lowest BCUT2D eigenvalue weighted by Crippen LogP contribution is -2.24. The van der Waals surface area contributed by atoms with Gasteiger partial charge in [0.1, 0.15) is 5.15 Å². The summed E-state index contributed by atoms with van der Waals surface area (Å²) in [6.45, 7) is 2.19. The van der Waals surface area contributed by atoms with E-state index in [0.29, 0.717) is 11.7 Å². The molecule has 0 saturated heterocycles. The van der Waals surface area contributed by atoms with Crippen molar-refractivity contribution in [3.63, 3.8) is 0 Å². The second kappa shape index (κ2) is 5.05. The zero-order valence-corrected chi connectivity index (χ0v) is 12.1. The molecular formula is C12H16ClN5O. The van der Waals surface area contributed by atoms with Gasteiger partial charge in [-0.1, -0.05) is 11.6 Å². The molecule has 0 atom stereocenters. The Hall–Kier alpha value is -1.82. The molecule has 0 N–H and O–H groups in total. The van der Waals surface area contributed by atoms with Crippen LogP contribution in [0.2, 0.25) is 5.15 Å². The van der Waals surface area contributed by atoms with Crippen molar-refractivity contribution in [1.29, 1.82) is 0 Å². The molecule has 2 aromatic heterocycles. The van der Waals surface area contributed by atoms with Crippen molar-refractivity contribution in [2.75, 3.05) is 19.0 Å². The van der Waals surface area contributed by atoms with Crippen molar-refractivity contribution >= 4 is 17.3 Å². The SMILES string of the molecule is Cc1nn(C)c(Cl)c1Cn1ncc(N(C)C)cc1=O. The van der Waals surface area contributed by atoms with Crippen molar-refractivity contribution in [2.45, 2.75) is 13.5 Å². The van der Waals surface area contributed by atoms with Gasteiger partial charge < -0.3 is 4.90 Å². The van der Waals surface area contributed by atoms with Gasteiger partial charge in [-0.05, 0) is 6.92 Å². The fourth-order valence-corrected chi connectivity index (χ4v) is 2.02. The van der Waals surface area contributed by atoms with Gasteiger partial charge >= 0.3 is 0 Å². The van der Waals surface area contributed by atoms with E-state index >= 15 is 0 Å². The Morgan fingerprint density at radius 1 is 1.42 bits per heavy atom. The minimum absolute atomic E-state index is 0.162. The van der Waals surface area contributed by atoms with Crippen LogP contribution in [0.25, 0.3) is 0 Å². The van der Waals surface area contributed by atoms with E-state index in [4.69, 9.17) is 11.6 Å². The molecule has 7 heteroatoms. The van der Waals surface area contributed by atoms with Gasteiger partial charge in [0.05, 0.1) is 24.1 Å². The van der Waals surface area contributed by atoms with Gasteiger partial charge in [-0.3, -0.25) is 9.48 Å². The van der Waals surface area contributed by atoms with E-state index in [1.54, 1.807) is 24.0 Å². The quantitative estimate of drug-likeness (QED) is 0.844. The zero-order chi connectivity index (χ0) is 14.2. The van der Waals surface area contributed by atoms with Crippen LogP contribution >= 0.6 is 11.6 Å². The largest absolute Gasteiger partial charge is 0.376 e. The number of anilines is 1. The fourth-order valence-electron chi connectivity index (χ4n) is 1.79. The Morgan fingerprint density at radius 2 is 2.11 bits per heavy atom. The average molecular weight is 282 g/mol. The fraction of sp³-hybridized carbons (Fsp3) is 0.417. The number of hydrogen-bond acceptors (Lipinski definition) is 4. The first-order chi connectivity index (χ1) is 8.90. The number of hydrogen-bond donors (Lipinski definition) is 0. The molecule has 0 unspecified atom stereocenters. The zero-order valence-electron chi connectivity index (χ0n) is 11.4. The summed E-state index contributed by atoms with van der Waals surface area (Å²) in [5.41, 5.74) is 2.23. The summed E-state index contributed by atoms with van der Waals surface area (Å²) in [6.07, 6.45) is 1.65. The van der Waals surface area contributed by atoms with E-state index in [2.05, 4.69) is 10.2 Å². The van der Waals surface area contributed by atoms with Gasteiger partial charge in [-0.2, -0.15) is 10.2 Å². The average Bonchev–Trinajstić information content (AvgIpc) is 2.58. The maximum absolute atomic E-state index is 12.0. The lowest BCUT2D eigenvalue weighted by atomic mass is 10.2. The van der Waals surface area contributed by atoms with Gasteiger partial charge in [0, 0.05) is 32.8 Å². The number of aryl methyl sites for hydroxylation is 2. The highest BCUT2D eigenvalue weighted by Crippen LogP contribution is 2.19. The van der Waals surface area contributed by atoms with Gasteiger partial charge in [0.25, 0.3) is 5.56 Å². The molecule has 0 bridgehead atoms. The van der Waals surface area contributed by atoms with Gasteiger partial charge in [0.2, 0.25) is 0 Å². The van der Waals surface area contributed by atoms with Crippen LogP contribution in [0.1, 0.15) is 11.3 Å². The van der Waals surface area contributed by atoms with E-state index in [9.17, 15) is 4.79 Å². The Morgan fingerprint density at radius 3 is 2.58 bits per heavy atom. The van der Waals surface area contributed by atoms with Crippen LogP contribution in [0.4, 0.5) is 5.69 Å². The third-order valence-corrected chi connectivity index (χ3v) is 3.42. The summed E-state index contributed by atoms with van der Waals surface area (Å²) in [6, 6.07) is 1.55. The molecule has 0 aliphatic rings. The molecule has 6 nitrogen and oxygen atoms in total. The minimum atomic E-state index is -0.162. The normalized spacial score (nSPS) is 10.8. The maximum atomic E-state index is 12.0. The molecule has 19 heavy (non-hydrogen) atoms. The molecule has 0 aromatic carbocycles. The Bertz CT molecular complexity index is 659. The Labute approximate surface area is 116 Å². The van der Waals surface area contributed by atoms with Crippen LogP contribution in [0, 0.1) is 6.92 Å². The van der Waals surface area contributed by atoms with Crippen LogP contribution in [-0.4, -0.2) is 33.7 Å². The highest BCUT2D eigenvalue weighted by Gasteiger charge is 2.13. The molecule has 2 aromatic rings. The molecule has 0 spiro atoms. The van der Waals surface area contributed by atoms with E-state index in [1.165, 1.54) is 4.68 Å². The second-order valence-corrected chi connectivity index (χ2v) is 4.94. The lowest BCUT2D eigenvalue weighted by Gasteiger charge is -2.12. The molecule has 0 fully saturated rings. The van der Waals surface area contributed by atoms with Gasteiger partial charge in [-0.25, -0.2) is 4.68 Å². The van der Waals surface area contributed by atoms with Crippen molar-refractivity contribution < 1.29 is 0 Å². The van der Waals surface area contributed by atoms with Crippen LogP contribution in [0.5, 0.6) is 0 Å². The summed E-state index contributed by atoms with van der Waals surface area (Å²) in [4.78, 5) is 13.8. The first-order valence-electron chi connectivity index (χ1n) is 5.82. The van der Waals surface area contributed by atoms with E-state index in [-0.39, 0.29) is 5.56 Å². The smallest absolute Gasteiger partial charge is 0.269 e. The topological polar surface area (TPSA) is 56.0 Å². The monoisotopic (exact) mass is 281 g/mol. The predicted molar refractivity (Wildman–Crippen MR) is 74.9 cm³/mol. The lowest BCUT2D eigenvalue weighted by molar-refractivity contribution is 0.636. The number of rotatable bonds is 3. The molecule has 2 rings (SSSR count). The molecule has 0 saturated carbocycles. The molecule has 0 radical (unpaired) electrons. The van der Waals surface area contributed by atoms with E-state index in [1.807, 2.05) is 25.9 Å². The van der Waals surface area contributed by atoms with E-state index in [0.717, 1.165) is 16.9 Å². The Balaban J connectivity index is 2.36. The molecule has 0 aliphatic heterocycles. The van der Waals surface area contributed by atoms with Crippen LogP contribution in [-0.2, 0) is 13.6 Å². The van der Waals surface area contributed by atoms with Crippen molar-refractivity contribution in [3.05, 3.63) is 39.0 Å². The molecule has 0 amide bonds. The van der Waals surface area contributed by atoms with Crippen LogP contribution in [0.3, 0.4) is 0 Å². The van der Waals surface area contributed by atoms with E-state index < -0.39 is 0 Å². The van der Waals surface area contributed by atoms with Crippen molar-refractivity contribution in [2.24, 2.45) is 7.05 Å². The first kappa shape index (κ1) is 13.6. The van der Waals surface area contributed by atoms with Gasteiger partial charge in [-0.15, -0.1) is 0 Å². The summed E-state index contributed by atoms with van der Waals surface area (Å²) in [5.74, 6) is 0. The second-order valence-electron chi connectivity index (χ2n) is 4.58.